The Morgan fingerprint density at radius 1 is 0.611 bits per heavy atom. The average molecular weight is 1070 g/mol. The first-order chi connectivity index (χ1) is 34.7. The number of anilines is 6. The van der Waals surface area contributed by atoms with Gasteiger partial charge in [-0.2, -0.15) is 0 Å². The molecule has 13 nitrogen and oxygen atoms in total. The Hall–Kier alpha value is -4.32. The SMILES string of the molecule is CC[C@H]1CN(c2ncc(N)cc2Cl)CCN1C1CCN(Cc2ccc(Cl)cc2F)CC1.CC[C@H]1CN(c2ncc(Nc3c(NC4CC4)c(=O)c3=O)cc2Cl)CCN1C1CCN(Cc2ccc(Cl)cc2F)CC1. The molecular formula is C53H65Cl4F2N11O2. The Morgan fingerprint density at radius 3 is 1.53 bits per heavy atom. The molecule has 5 aromatic rings. The Labute approximate surface area is 441 Å². The summed E-state index contributed by atoms with van der Waals surface area (Å²) in [6.45, 7) is 15.0. The molecule has 4 N–H and O–H groups in total. The van der Waals surface area contributed by atoms with Gasteiger partial charge in [0.2, 0.25) is 0 Å². The molecule has 0 amide bonds. The summed E-state index contributed by atoms with van der Waals surface area (Å²) in [6, 6.07) is 15.6. The van der Waals surface area contributed by atoms with Crippen molar-refractivity contribution >= 4 is 80.8 Å². The van der Waals surface area contributed by atoms with E-state index in [0.717, 1.165) is 134 Å². The van der Waals surface area contributed by atoms with Gasteiger partial charge >= 0.3 is 0 Å². The van der Waals surface area contributed by atoms with Gasteiger partial charge in [0.15, 0.2) is 0 Å². The zero-order chi connectivity index (χ0) is 50.6. The molecule has 0 unspecified atom stereocenters. The van der Waals surface area contributed by atoms with Gasteiger partial charge in [-0.05, 0) is 114 Å². The molecule has 2 aromatic heterocycles. The molecular weight excluding hydrogens is 1000 g/mol. The number of pyridine rings is 2. The largest absolute Gasteiger partial charge is 0.397 e. The lowest BCUT2D eigenvalue weighted by molar-refractivity contribution is 0.0607. The topological polar surface area (TPSA) is 129 Å². The van der Waals surface area contributed by atoms with Crippen LogP contribution in [0.15, 0.2) is 70.5 Å². The van der Waals surface area contributed by atoms with E-state index in [2.05, 4.69) is 63.8 Å². The molecule has 3 aromatic carbocycles. The summed E-state index contributed by atoms with van der Waals surface area (Å²) in [7, 11) is 0. The van der Waals surface area contributed by atoms with Gasteiger partial charge in [-0.3, -0.25) is 29.2 Å². The second-order valence-corrected chi connectivity index (χ2v) is 21.7. The Kier molecular flexibility index (Phi) is 17.1. The van der Waals surface area contributed by atoms with Crippen LogP contribution in [0.4, 0.5) is 43.2 Å². The molecule has 0 bridgehead atoms. The molecule has 2 atom stereocenters. The summed E-state index contributed by atoms with van der Waals surface area (Å²) in [5.74, 6) is 1.11. The summed E-state index contributed by atoms with van der Waals surface area (Å²) < 4.78 is 28.4. The van der Waals surface area contributed by atoms with Crippen molar-refractivity contribution in [2.75, 3.05) is 91.6 Å². The molecule has 0 radical (unpaired) electrons. The van der Waals surface area contributed by atoms with Crippen LogP contribution in [-0.4, -0.2) is 125 Å². The van der Waals surface area contributed by atoms with Crippen molar-refractivity contribution in [3.63, 3.8) is 0 Å². The van der Waals surface area contributed by atoms with Crippen molar-refractivity contribution < 1.29 is 8.78 Å². The van der Waals surface area contributed by atoms with Crippen molar-refractivity contribution in [2.45, 2.75) is 109 Å². The number of hydrogen-bond donors (Lipinski definition) is 3. The highest BCUT2D eigenvalue weighted by Crippen LogP contribution is 2.35. The number of rotatable bonds is 14. The average Bonchev–Trinajstić information content (AvgIpc) is 4.21. The number of likely N-dealkylation sites (tertiary alicyclic amines) is 2. The van der Waals surface area contributed by atoms with Crippen molar-refractivity contribution in [3.05, 3.63) is 124 Å². The van der Waals surface area contributed by atoms with Crippen LogP contribution in [0.25, 0.3) is 0 Å². The van der Waals surface area contributed by atoms with E-state index in [4.69, 9.17) is 52.1 Å². The number of nitrogens with zero attached hydrogens (tertiary/aromatic N) is 8. The van der Waals surface area contributed by atoms with E-state index in [1.54, 1.807) is 48.8 Å². The number of hydrogen-bond acceptors (Lipinski definition) is 13. The molecule has 4 aliphatic heterocycles. The summed E-state index contributed by atoms with van der Waals surface area (Å²) in [4.78, 5) is 47.8. The zero-order valence-corrected chi connectivity index (χ0v) is 44.1. The molecule has 72 heavy (non-hydrogen) atoms. The lowest BCUT2D eigenvalue weighted by Crippen LogP contribution is -2.58. The third kappa shape index (κ3) is 12.4. The fourth-order valence-corrected chi connectivity index (χ4v) is 11.9. The lowest BCUT2D eigenvalue weighted by atomic mass is 9.97. The van der Waals surface area contributed by atoms with Gasteiger partial charge in [0.05, 0.1) is 33.8 Å². The van der Waals surface area contributed by atoms with Gasteiger partial charge in [0.25, 0.3) is 10.9 Å². The molecule has 0 spiro atoms. The standard InChI is InChI=1S/C30H35Cl2FN6O2.C23H30Cl2FN5/c1-2-22-17-38(11-12-39(22)23-7-9-37(10-8-23)16-18-3-4-19(31)13-25(18)33)30-24(32)14-21(15-34-30)36-27-26(28(40)29(27)41)35-20-5-6-20;1-2-19-15-30(23-21(25)12-18(27)13-28-23)9-10-31(19)20-5-7-29(8-6-20)14-16-3-4-17(24)11-22(16)26/h3-4,13-15,20,22-23,35-36H,2,5-12,16-17H2,1H3;3-4,11-13,19-20H,2,5-10,14-15,27H2,1H3/t22-;19-/m00/s1. The highest BCUT2D eigenvalue weighted by Gasteiger charge is 2.36. The predicted octanol–water partition coefficient (Wildman–Crippen LogP) is 9.68. The van der Waals surface area contributed by atoms with Crippen LogP contribution in [0, 0.1) is 11.6 Å². The maximum absolute atomic E-state index is 14.3. The number of nitrogens with one attached hydrogen (secondary N) is 2. The second-order valence-electron chi connectivity index (χ2n) is 20.0. The first-order valence-corrected chi connectivity index (χ1v) is 27.0. The maximum atomic E-state index is 14.3. The van der Waals surface area contributed by atoms with Crippen LogP contribution in [-0.2, 0) is 13.1 Å². The number of nitrogens with two attached hydrogens (primary N) is 1. The third-order valence-electron chi connectivity index (χ3n) is 15.2. The van der Waals surface area contributed by atoms with E-state index in [-0.39, 0.29) is 23.4 Å². The molecule has 5 aliphatic rings. The minimum absolute atomic E-state index is 0.216. The minimum Gasteiger partial charge on any atom is -0.397 e. The molecule has 19 heteroatoms. The third-order valence-corrected chi connectivity index (χ3v) is 16.3. The Balaban J connectivity index is 0.000000185. The lowest BCUT2D eigenvalue weighted by Gasteiger charge is -2.47. The van der Waals surface area contributed by atoms with Gasteiger partial charge < -0.3 is 26.2 Å². The van der Waals surface area contributed by atoms with Crippen molar-refractivity contribution in [1.82, 2.24) is 29.6 Å². The zero-order valence-electron chi connectivity index (χ0n) is 41.0. The van der Waals surface area contributed by atoms with Gasteiger partial charge in [0, 0.05) is 104 Å². The van der Waals surface area contributed by atoms with Crippen LogP contribution in [0.3, 0.4) is 0 Å². The highest BCUT2D eigenvalue weighted by atomic mass is 35.5. The quantitative estimate of drug-likeness (QED) is 0.0915. The highest BCUT2D eigenvalue weighted by molar-refractivity contribution is 6.33. The summed E-state index contributed by atoms with van der Waals surface area (Å²) in [5.41, 5.74) is 8.05. The Morgan fingerprint density at radius 2 is 1.08 bits per heavy atom. The molecule has 1 aliphatic carbocycles. The predicted molar refractivity (Wildman–Crippen MR) is 290 cm³/mol. The molecule has 4 saturated heterocycles. The van der Waals surface area contributed by atoms with Gasteiger partial charge in [-0.15, -0.1) is 0 Å². The van der Waals surface area contributed by atoms with E-state index in [9.17, 15) is 18.4 Å². The molecule has 6 heterocycles. The maximum Gasteiger partial charge on any atom is 0.253 e. The number of halogens is 6. The minimum atomic E-state index is -0.516. The van der Waals surface area contributed by atoms with E-state index in [1.807, 2.05) is 0 Å². The normalized spacial score (nSPS) is 21.2. The molecule has 5 fully saturated rings. The Bertz CT molecular complexity index is 2750. The number of piperazine rings is 2. The van der Waals surface area contributed by atoms with Crippen LogP contribution in [0.1, 0.15) is 76.3 Å². The van der Waals surface area contributed by atoms with Crippen LogP contribution >= 0.6 is 46.4 Å². The fraction of sp³-hybridized carbons (Fsp3) is 0.509. The van der Waals surface area contributed by atoms with E-state index >= 15 is 0 Å². The van der Waals surface area contributed by atoms with Crippen LogP contribution in [0.2, 0.25) is 20.1 Å². The van der Waals surface area contributed by atoms with E-state index < -0.39 is 10.9 Å². The van der Waals surface area contributed by atoms with Crippen LogP contribution in [0.5, 0.6) is 0 Å². The fourth-order valence-electron chi connectivity index (χ4n) is 11.0. The van der Waals surface area contributed by atoms with Crippen molar-refractivity contribution in [1.29, 1.82) is 0 Å². The number of aromatic nitrogens is 2. The van der Waals surface area contributed by atoms with Crippen molar-refractivity contribution in [3.8, 4) is 0 Å². The smallest absolute Gasteiger partial charge is 0.253 e. The monoisotopic (exact) mass is 1070 g/mol. The molecule has 10 rings (SSSR count). The summed E-state index contributed by atoms with van der Waals surface area (Å²) in [6.07, 6.45) is 11.8. The molecule has 1 saturated carbocycles. The van der Waals surface area contributed by atoms with Gasteiger partial charge in [-0.1, -0.05) is 72.4 Å². The summed E-state index contributed by atoms with van der Waals surface area (Å²) in [5, 5.41) is 8.18. The number of nitrogen functional groups attached to an aromatic ring is 1. The summed E-state index contributed by atoms with van der Waals surface area (Å²) >= 11 is 24.9. The number of benzene rings is 2. The second kappa shape index (κ2) is 23.5. The van der Waals surface area contributed by atoms with E-state index in [0.29, 0.717) is 80.0 Å². The first-order valence-electron chi connectivity index (χ1n) is 25.5. The van der Waals surface area contributed by atoms with Gasteiger partial charge in [0.1, 0.15) is 34.6 Å². The molecule has 386 valence electrons. The van der Waals surface area contributed by atoms with Gasteiger partial charge in [-0.25, -0.2) is 18.7 Å². The first kappa shape index (κ1) is 52.5. The number of piperidine rings is 2. The van der Waals surface area contributed by atoms with E-state index in [1.165, 1.54) is 12.1 Å². The van der Waals surface area contributed by atoms with Crippen molar-refractivity contribution in [2.24, 2.45) is 0 Å². The van der Waals surface area contributed by atoms with Crippen LogP contribution < -0.4 is 37.0 Å².